The molecule has 3 amide bonds. The van der Waals surface area contributed by atoms with E-state index in [0.29, 0.717) is 4.32 Å². The molecule has 3 N–H and O–H groups in total. The number of hydrogen-bond acceptors (Lipinski definition) is 4. The summed E-state index contributed by atoms with van der Waals surface area (Å²) in [5, 5.41) is 1.69. The number of carbonyl (C=O) groups excluding carboxylic acids is 2. The summed E-state index contributed by atoms with van der Waals surface area (Å²) in [4.78, 5) is 24.5. The first-order valence-corrected chi connectivity index (χ1v) is 7.18. The lowest BCUT2D eigenvalue weighted by atomic mass is 10.1. The zero-order valence-corrected chi connectivity index (χ0v) is 12.9. The summed E-state index contributed by atoms with van der Waals surface area (Å²) in [5.41, 5.74) is 4.95. The van der Waals surface area contributed by atoms with Crippen molar-refractivity contribution in [2.45, 2.75) is 32.9 Å². The molecule has 0 radical (unpaired) electrons. The molecule has 18 heavy (non-hydrogen) atoms. The monoisotopic (exact) mass is 291 g/mol. The maximum atomic E-state index is 11.8. The number of thiocarbonyl (C=S) groups is 1. The van der Waals surface area contributed by atoms with E-state index in [1.807, 2.05) is 32.6 Å². The Labute approximate surface area is 118 Å². The van der Waals surface area contributed by atoms with Crippen molar-refractivity contribution in [2.24, 2.45) is 11.7 Å². The standard InChI is InChI=1S/C11H21N3O2S2/c1-5-14(6-2)11(17)18-8(7(3)4)9(15)13-10(12)16/h7-8H,5-6H2,1-4H3,(H3,12,13,15,16). The van der Waals surface area contributed by atoms with Gasteiger partial charge in [-0.3, -0.25) is 10.1 Å². The van der Waals surface area contributed by atoms with E-state index in [1.54, 1.807) is 0 Å². The number of nitrogens with two attached hydrogens (primary N) is 1. The van der Waals surface area contributed by atoms with Gasteiger partial charge in [0.25, 0.3) is 0 Å². The molecular formula is C11H21N3O2S2. The number of imide groups is 1. The second-order valence-electron chi connectivity index (χ2n) is 4.07. The summed E-state index contributed by atoms with van der Waals surface area (Å²) in [6.45, 7) is 9.41. The van der Waals surface area contributed by atoms with E-state index < -0.39 is 17.2 Å². The van der Waals surface area contributed by atoms with Gasteiger partial charge in [-0.25, -0.2) is 4.79 Å². The fourth-order valence-corrected chi connectivity index (χ4v) is 2.98. The number of amides is 3. The molecule has 7 heteroatoms. The minimum absolute atomic E-state index is 0.0582. The average molecular weight is 291 g/mol. The third-order valence-corrected chi connectivity index (χ3v) is 4.38. The Balaban J connectivity index is 4.68. The molecule has 0 aliphatic rings. The summed E-state index contributed by atoms with van der Waals surface area (Å²) in [7, 11) is 0. The van der Waals surface area contributed by atoms with Crippen molar-refractivity contribution in [1.82, 2.24) is 10.2 Å². The molecule has 5 nitrogen and oxygen atoms in total. The molecule has 0 saturated carbocycles. The van der Waals surface area contributed by atoms with Crippen molar-refractivity contribution in [3.8, 4) is 0 Å². The van der Waals surface area contributed by atoms with Crippen LogP contribution in [0.3, 0.4) is 0 Å². The van der Waals surface area contributed by atoms with Crippen molar-refractivity contribution >= 4 is 40.2 Å². The summed E-state index contributed by atoms with van der Waals surface area (Å²) in [6, 6.07) is -0.833. The molecule has 0 fully saturated rings. The Morgan fingerprint density at radius 2 is 1.83 bits per heavy atom. The lowest BCUT2D eigenvalue weighted by molar-refractivity contribution is -0.120. The van der Waals surface area contributed by atoms with Crippen molar-refractivity contribution < 1.29 is 9.59 Å². The highest BCUT2D eigenvalue weighted by molar-refractivity contribution is 8.23. The van der Waals surface area contributed by atoms with Crippen molar-refractivity contribution in [2.75, 3.05) is 13.1 Å². The summed E-state index contributed by atoms with van der Waals surface area (Å²) < 4.78 is 0.665. The maximum Gasteiger partial charge on any atom is 0.318 e. The van der Waals surface area contributed by atoms with Gasteiger partial charge >= 0.3 is 6.03 Å². The molecule has 0 aromatic heterocycles. The number of nitrogens with zero attached hydrogens (tertiary/aromatic N) is 1. The van der Waals surface area contributed by atoms with Crippen molar-refractivity contribution in [3.63, 3.8) is 0 Å². The second-order valence-corrected chi connectivity index (χ2v) is 5.85. The van der Waals surface area contributed by atoms with Gasteiger partial charge in [-0.1, -0.05) is 37.8 Å². The van der Waals surface area contributed by atoms with E-state index in [-0.39, 0.29) is 5.92 Å². The van der Waals surface area contributed by atoms with Crippen molar-refractivity contribution in [3.05, 3.63) is 0 Å². The predicted molar refractivity (Wildman–Crippen MR) is 79.5 cm³/mol. The van der Waals surface area contributed by atoms with Gasteiger partial charge in [0.05, 0.1) is 5.25 Å². The molecular weight excluding hydrogens is 270 g/mol. The fourth-order valence-electron chi connectivity index (χ4n) is 1.35. The zero-order chi connectivity index (χ0) is 14.3. The Kier molecular flexibility index (Phi) is 7.93. The van der Waals surface area contributed by atoms with Gasteiger partial charge in [-0.05, 0) is 19.8 Å². The normalized spacial score (nSPS) is 12.1. The number of thioether (sulfide) groups is 1. The average Bonchev–Trinajstić information content (AvgIpc) is 2.25. The van der Waals surface area contributed by atoms with Crippen molar-refractivity contribution in [1.29, 1.82) is 0 Å². The minimum Gasteiger partial charge on any atom is -0.358 e. The molecule has 0 saturated heterocycles. The van der Waals surface area contributed by atoms with Crippen LogP contribution in [0.1, 0.15) is 27.7 Å². The number of hydrogen-bond donors (Lipinski definition) is 2. The van der Waals surface area contributed by atoms with Crippen LogP contribution in [0.25, 0.3) is 0 Å². The van der Waals surface area contributed by atoms with E-state index in [4.69, 9.17) is 18.0 Å². The van der Waals surface area contributed by atoms with E-state index in [9.17, 15) is 9.59 Å². The van der Waals surface area contributed by atoms with Crippen LogP contribution in [0, 0.1) is 5.92 Å². The molecule has 1 atom stereocenters. The topological polar surface area (TPSA) is 75.4 Å². The summed E-state index contributed by atoms with van der Waals surface area (Å²) in [6.07, 6.45) is 0. The quantitative estimate of drug-likeness (QED) is 0.752. The van der Waals surface area contributed by atoms with E-state index >= 15 is 0 Å². The minimum atomic E-state index is -0.833. The van der Waals surface area contributed by atoms with Crippen LogP contribution in [0.4, 0.5) is 4.79 Å². The van der Waals surface area contributed by atoms with Crippen LogP contribution in [-0.4, -0.2) is 39.5 Å². The third kappa shape index (κ3) is 5.68. The molecule has 0 aliphatic carbocycles. The molecule has 104 valence electrons. The highest BCUT2D eigenvalue weighted by Gasteiger charge is 2.26. The number of rotatable bonds is 5. The molecule has 0 rings (SSSR count). The molecule has 0 heterocycles. The van der Waals surface area contributed by atoms with E-state index in [1.165, 1.54) is 11.8 Å². The van der Waals surface area contributed by atoms with Crippen LogP contribution in [0.2, 0.25) is 0 Å². The fraction of sp³-hybridized carbons (Fsp3) is 0.727. The lowest BCUT2D eigenvalue weighted by Gasteiger charge is -2.25. The second kappa shape index (κ2) is 8.31. The van der Waals surface area contributed by atoms with Crippen LogP contribution in [0.5, 0.6) is 0 Å². The predicted octanol–water partition coefficient (Wildman–Crippen LogP) is 1.57. The number of carbonyl (C=O) groups is 2. The van der Waals surface area contributed by atoms with Crippen LogP contribution >= 0.6 is 24.0 Å². The first-order valence-electron chi connectivity index (χ1n) is 5.89. The van der Waals surface area contributed by atoms with Gasteiger partial charge in [0.15, 0.2) is 0 Å². The largest absolute Gasteiger partial charge is 0.358 e. The Bertz CT molecular complexity index is 317. The van der Waals surface area contributed by atoms with E-state index in [0.717, 1.165) is 13.1 Å². The number of nitrogens with one attached hydrogen (secondary N) is 1. The molecule has 0 bridgehead atoms. The summed E-state index contributed by atoms with van der Waals surface area (Å²) >= 11 is 6.59. The van der Waals surface area contributed by atoms with Gasteiger partial charge in [0, 0.05) is 13.1 Å². The molecule has 0 spiro atoms. The molecule has 0 aromatic rings. The lowest BCUT2D eigenvalue weighted by Crippen LogP contribution is -2.43. The molecule has 0 aliphatic heterocycles. The van der Waals surface area contributed by atoms with Gasteiger partial charge in [0.2, 0.25) is 5.91 Å². The zero-order valence-electron chi connectivity index (χ0n) is 11.2. The van der Waals surface area contributed by atoms with Crippen LogP contribution in [0.15, 0.2) is 0 Å². The first kappa shape index (κ1) is 17.2. The highest BCUT2D eigenvalue weighted by Crippen LogP contribution is 2.23. The Morgan fingerprint density at radius 1 is 1.33 bits per heavy atom. The van der Waals surface area contributed by atoms with Crippen LogP contribution in [-0.2, 0) is 4.79 Å². The van der Waals surface area contributed by atoms with E-state index in [2.05, 4.69) is 5.32 Å². The smallest absolute Gasteiger partial charge is 0.318 e. The number of primary amides is 1. The molecule has 0 aromatic carbocycles. The Morgan fingerprint density at radius 3 is 2.17 bits per heavy atom. The van der Waals surface area contributed by atoms with Gasteiger partial charge in [-0.2, -0.15) is 0 Å². The third-order valence-electron chi connectivity index (χ3n) is 2.36. The van der Waals surface area contributed by atoms with Gasteiger partial charge < -0.3 is 10.6 Å². The van der Waals surface area contributed by atoms with Gasteiger partial charge in [-0.15, -0.1) is 0 Å². The highest BCUT2D eigenvalue weighted by atomic mass is 32.2. The number of urea groups is 1. The SMILES string of the molecule is CCN(CC)C(=S)SC(C(=O)NC(N)=O)C(C)C. The first-order chi connectivity index (χ1) is 8.33. The maximum absolute atomic E-state index is 11.8. The summed E-state index contributed by atoms with van der Waals surface area (Å²) in [5.74, 6) is -0.333. The van der Waals surface area contributed by atoms with Gasteiger partial charge in [0.1, 0.15) is 4.32 Å². The van der Waals surface area contributed by atoms with Crippen LogP contribution < -0.4 is 11.1 Å². The Hall–Kier alpha value is -0.820. The molecule has 1 unspecified atom stereocenters.